The van der Waals surface area contributed by atoms with Gasteiger partial charge in [0.25, 0.3) is 0 Å². The maximum Gasteiger partial charge on any atom is 0.228 e. The molecule has 1 amide bonds. The lowest BCUT2D eigenvalue weighted by Gasteiger charge is -2.26. The maximum atomic E-state index is 13.0. The third-order valence-corrected chi connectivity index (χ3v) is 5.43. The molecule has 2 rings (SSSR count). The second-order valence-corrected chi connectivity index (χ2v) is 9.05. The molecular formula is C21H28N2O3S. The Bertz CT molecular complexity index is 821. The van der Waals surface area contributed by atoms with Crippen molar-refractivity contribution in [2.45, 2.75) is 26.8 Å². The lowest BCUT2D eigenvalue weighted by Crippen LogP contribution is -2.38. The number of carbonyl (C=O) groups excluding carboxylic acids is 1. The van der Waals surface area contributed by atoms with Crippen LogP contribution < -0.4 is 4.90 Å². The first-order valence-electron chi connectivity index (χ1n) is 9.12. The molecule has 2 aromatic carbocycles. The number of benzene rings is 2. The zero-order valence-corrected chi connectivity index (χ0v) is 17.0. The van der Waals surface area contributed by atoms with E-state index < -0.39 is 10.0 Å². The quantitative estimate of drug-likeness (QED) is 0.660. The number of carbonyl (C=O) groups is 1. The smallest absolute Gasteiger partial charge is 0.228 e. The summed E-state index contributed by atoms with van der Waals surface area (Å²) in [6.45, 7) is 4.98. The van der Waals surface area contributed by atoms with E-state index in [1.807, 2.05) is 74.5 Å². The van der Waals surface area contributed by atoms with Gasteiger partial charge in [-0.25, -0.2) is 12.7 Å². The third kappa shape index (κ3) is 6.81. The van der Waals surface area contributed by atoms with Gasteiger partial charge in [-0.3, -0.25) is 4.79 Å². The molecule has 5 nitrogen and oxygen atoms in total. The summed E-state index contributed by atoms with van der Waals surface area (Å²) in [6.07, 6.45) is 1.33. The van der Waals surface area contributed by atoms with E-state index in [1.54, 1.807) is 4.90 Å². The van der Waals surface area contributed by atoms with Gasteiger partial charge in [-0.05, 0) is 23.6 Å². The van der Waals surface area contributed by atoms with E-state index in [0.717, 1.165) is 11.3 Å². The molecule has 0 heterocycles. The minimum absolute atomic E-state index is 0.0949. The van der Waals surface area contributed by atoms with Crippen LogP contribution in [0.5, 0.6) is 0 Å². The standard InChI is InChI=1S/C21H28N2O3S/c1-18(2)16-22(27(3,25)26)15-14-21(24)23(20-12-8-5-9-13-20)17-19-10-6-4-7-11-19/h4-13,18H,14-17H2,1-3H3. The van der Waals surface area contributed by atoms with Gasteiger partial charge in [-0.2, -0.15) is 0 Å². The molecule has 0 aliphatic carbocycles. The number of para-hydroxylation sites is 1. The minimum Gasteiger partial charge on any atom is -0.308 e. The van der Waals surface area contributed by atoms with Crippen molar-refractivity contribution in [3.63, 3.8) is 0 Å². The molecule has 27 heavy (non-hydrogen) atoms. The second-order valence-electron chi connectivity index (χ2n) is 7.07. The number of hydrogen-bond acceptors (Lipinski definition) is 3. The second kappa shape index (κ2) is 9.67. The number of hydrogen-bond donors (Lipinski definition) is 0. The highest BCUT2D eigenvalue weighted by Gasteiger charge is 2.22. The fourth-order valence-electron chi connectivity index (χ4n) is 2.85. The fourth-order valence-corrected chi connectivity index (χ4v) is 3.84. The van der Waals surface area contributed by atoms with Crippen LogP contribution in [0.2, 0.25) is 0 Å². The van der Waals surface area contributed by atoms with Gasteiger partial charge >= 0.3 is 0 Å². The predicted octanol–water partition coefficient (Wildman–Crippen LogP) is 3.53. The van der Waals surface area contributed by atoms with Gasteiger partial charge in [0.05, 0.1) is 12.8 Å². The summed E-state index contributed by atoms with van der Waals surface area (Å²) >= 11 is 0. The van der Waals surface area contributed by atoms with Crippen molar-refractivity contribution in [1.29, 1.82) is 0 Å². The van der Waals surface area contributed by atoms with Gasteiger partial charge in [0.1, 0.15) is 0 Å². The third-order valence-electron chi connectivity index (χ3n) is 4.17. The van der Waals surface area contributed by atoms with E-state index in [2.05, 4.69) is 0 Å². The molecule has 2 aromatic rings. The maximum absolute atomic E-state index is 13.0. The first kappa shape index (κ1) is 21.1. The van der Waals surface area contributed by atoms with Gasteiger partial charge in [-0.15, -0.1) is 0 Å². The Labute approximate surface area is 162 Å². The Kier molecular flexibility index (Phi) is 7.56. The lowest BCUT2D eigenvalue weighted by atomic mass is 10.1. The molecule has 0 N–H and O–H groups in total. The van der Waals surface area contributed by atoms with Crippen molar-refractivity contribution < 1.29 is 13.2 Å². The van der Waals surface area contributed by atoms with E-state index in [4.69, 9.17) is 0 Å². The summed E-state index contributed by atoms with van der Waals surface area (Å²) in [5.74, 6) is 0.104. The first-order chi connectivity index (χ1) is 12.8. The van der Waals surface area contributed by atoms with Crippen molar-refractivity contribution in [3.05, 3.63) is 66.2 Å². The molecule has 0 fully saturated rings. The SMILES string of the molecule is CC(C)CN(CCC(=O)N(Cc1ccccc1)c1ccccc1)S(C)(=O)=O. The van der Waals surface area contributed by atoms with Gasteiger partial charge < -0.3 is 4.90 Å². The fraction of sp³-hybridized carbons (Fsp3) is 0.381. The van der Waals surface area contributed by atoms with Gasteiger partial charge in [-0.1, -0.05) is 62.4 Å². The molecule has 0 radical (unpaired) electrons. The van der Waals surface area contributed by atoms with Crippen LogP contribution in [0.4, 0.5) is 5.69 Å². The summed E-state index contributed by atoms with van der Waals surface area (Å²) < 4.78 is 25.4. The monoisotopic (exact) mass is 388 g/mol. The van der Waals surface area contributed by atoms with E-state index in [0.29, 0.717) is 13.1 Å². The van der Waals surface area contributed by atoms with E-state index >= 15 is 0 Å². The Morgan fingerprint density at radius 2 is 1.52 bits per heavy atom. The Morgan fingerprint density at radius 3 is 2.04 bits per heavy atom. The Balaban J connectivity index is 2.16. The summed E-state index contributed by atoms with van der Waals surface area (Å²) in [4.78, 5) is 14.7. The van der Waals surface area contributed by atoms with Crippen molar-refractivity contribution in [1.82, 2.24) is 4.31 Å². The molecule has 6 heteroatoms. The van der Waals surface area contributed by atoms with Crippen LogP contribution >= 0.6 is 0 Å². The molecule has 0 unspecified atom stereocenters. The van der Waals surface area contributed by atoms with Crippen LogP contribution in [0.1, 0.15) is 25.8 Å². The molecule has 0 bridgehead atoms. The first-order valence-corrected chi connectivity index (χ1v) is 11.0. The Hall–Kier alpha value is -2.18. The van der Waals surface area contributed by atoms with Crippen molar-refractivity contribution in [2.24, 2.45) is 5.92 Å². The molecule has 0 aromatic heterocycles. The molecule has 0 saturated heterocycles. The highest BCUT2D eigenvalue weighted by atomic mass is 32.2. The summed E-state index contributed by atoms with van der Waals surface area (Å²) in [5.41, 5.74) is 1.83. The number of amides is 1. The zero-order chi connectivity index (χ0) is 19.9. The number of anilines is 1. The molecule has 0 spiro atoms. The minimum atomic E-state index is -3.34. The number of sulfonamides is 1. The van der Waals surface area contributed by atoms with Crippen LogP contribution in [0.25, 0.3) is 0 Å². The van der Waals surface area contributed by atoms with Crippen LogP contribution in [0.3, 0.4) is 0 Å². The Morgan fingerprint density at radius 1 is 0.963 bits per heavy atom. The van der Waals surface area contributed by atoms with E-state index in [9.17, 15) is 13.2 Å². The topological polar surface area (TPSA) is 57.7 Å². The number of nitrogens with zero attached hydrogens (tertiary/aromatic N) is 2. The highest BCUT2D eigenvalue weighted by Crippen LogP contribution is 2.18. The van der Waals surface area contributed by atoms with E-state index in [-0.39, 0.29) is 24.8 Å². The molecule has 0 saturated carbocycles. The lowest BCUT2D eigenvalue weighted by molar-refractivity contribution is -0.118. The van der Waals surface area contributed by atoms with Gasteiger partial charge in [0, 0.05) is 25.2 Å². The van der Waals surface area contributed by atoms with Crippen LogP contribution in [0, 0.1) is 5.92 Å². The van der Waals surface area contributed by atoms with Crippen molar-refractivity contribution in [2.75, 3.05) is 24.2 Å². The average molecular weight is 389 g/mol. The molecule has 0 atom stereocenters. The summed E-state index contributed by atoms with van der Waals surface area (Å²) in [7, 11) is -3.34. The van der Waals surface area contributed by atoms with Gasteiger partial charge in [0.2, 0.25) is 15.9 Å². The van der Waals surface area contributed by atoms with Crippen LogP contribution in [-0.4, -0.2) is 38.0 Å². The summed E-state index contributed by atoms with van der Waals surface area (Å²) in [6, 6.07) is 19.2. The average Bonchev–Trinajstić information content (AvgIpc) is 2.63. The molecule has 146 valence electrons. The molecule has 0 aliphatic rings. The van der Waals surface area contributed by atoms with Gasteiger partial charge in [0.15, 0.2) is 0 Å². The van der Waals surface area contributed by atoms with Crippen LogP contribution in [0.15, 0.2) is 60.7 Å². The predicted molar refractivity (Wildman–Crippen MR) is 110 cm³/mol. The highest BCUT2D eigenvalue weighted by molar-refractivity contribution is 7.88. The van der Waals surface area contributed by atoms with E-state index in [1.165, 1.54) is 10.6 Å². The molecule has 0 aliphatic heterocycles. The normalized spacial score (nSPS) is 11.7. The summed E-state index contributed by atoms with van der Waals surface area (Å²) in [5, 5.41) is 0. The largest absolute Gasteiger partial charge is 0.308 e. The van der Waals surface area contributed by atoms with Crippen LogP contribution in [-0.2, 0) is 21.4 Å². The zero-order valence-electron chi connectivity index (χ0n) is 16.2. The number of rotatable bonds is 9. The molecular weight excluding hydrogens is 360 g/mol. The van der Waals surface area contributed by atoms with Crippen molar-refractivity contribution in [3.8, 4) is 0 Å². The van der Waals surface area contributed by atoms with Crippen molar-refractivity contribution >= 4 is 21.6 Å².